The van der Waals surface area contributed by atoms with Gasteiger partial charge in [0.2, 0.25) is 0 Å². The largest absolute Gasteiger partial charge is 0.462 e. The van der Waals surface area contributed by atoms with Gasteiger partial charge in [-0.15, -0.1) is 11.3 Å². The van der Waals surface area contributed by atoms with Crippen molar-refractivity contribution in [2.45, 2.75) is 23.9 Å². The van der Waals surface area contributed by atoms with Crippen molar-refractivity contribution in [3.63, 3.8) is 0 Å². The Hall–Kier alpha value is -1.34. The molecule has 2 heterocycles. The van der Waals surface area contributed by atoms with Gasteiger partial charge >= 0.3 is 5.97 Å². The van der Waals surface area contributed by atoms with Crippen molar-refractivity contribution in [2.24, 2.45) is 7.05 Å². The number of aromatic nitrogens is 3. The second kappa shape index (κ2) is 6.21. The third-order valence-corrected chi connectivity index (χ3v) is 4.64. The first-order valence-electron chi connectivity index (χ1n) is 5.84. The quantitative estimate of drug-likeness (QED) is 0.627. The van der Waals surface area contributed by atoms with Gasteiger partial charge < -0.3 is 4.74 Å². The summed E-state index contributed by atoms with van der Waals surface area (Å²) in [7, 11) is 1.83. The summed E-state index contributed by atoms with van der Waals surface area (Å²) in [6.07, 6.45) is 1.56. The third kappa shape index (κ3) is 3.36. The first kappa shape index (κ1) is 14.1. The van der Waals surface area contributed by atoms with Crippen molar-refractivity contribution in [1.82, 2.24) is 14.8 Å². The molecule has 0 fully saturated rings. The molecule has 0 saturated heterocycles. The van der Waals surface area contributed by atoms with E-state index in [0.29, 0.717) is 17.9 Å². The fraction of sp³-hybridized carbons (Fsp3) is 0.417. The van der Waals surface area contributed by atoms with Crippen LogP contribution < -0.4 is 0 Å². The molecular weight excluding hydrogens is 282 g/mol. The Morgan fingerprint density at radius 2 is 2.37 bits per heavy atom. The van der Waals surface area contributed by atoms with Crippen LogP contribution in [0.15, 0.2) is 15.9 Å². The zero-order chi connectivity index (χ0) is 13.8. The smallest absolute Gasteiger partial charge is 0.341 e. The molecule has 0 aliphatic rings. The molecule has 0 bridgehead atoms. The second-order valence-corrected chi connectivity index (χ2v) is 5.97. The maximum atomic E-state index is 11.8. The van der Waals surface area contributed by atoms with Crippen molar-refractivity contribution in [2.75, 3.05) is 6.61 Å². The molecule has 0 aliphatic heterocycles. The molecule has 0 amide bonds. The SMILES string of the molecule is CCOC(=O)c1cnn(C)c1CSc1nc(C)cs1. The molecule has 19 heavy (non-hydrogen) atoms. The van der Waals surface area contributed by atoms with Crippen LogP contribution >= 0.6 is 23.1 Å². The van der Waals surface area contributed by atoms with Crippen LogP contribution in [0.25, 0.3) is 0 Å². The summed E-state index contributed by atoms with van der Waals surface area (Å²) in [6.45, 7) is 4.13. The van der Waals surface area contributed by atoms with E-state index >= 15 is 0 Å². The van der Waals surface area contributed by atoms with Gasteiger partial charge in [-0.2, -0.15) is 5.10 Å². The van der Waals surface area contributed by atoms with Gasteiger partial charge in [0.1, 0.15) is 9.90 Å². The predicted molar refractivity (Wildman–Crippen MR) is 75.6 cm³/mol. The van der Waals surface area contributed by atoms with Crippen molar-refractivity contribution >= 4 is 29.1 Å². The lowest BCUT2D eigenvalue weighted by molar-refractivity contribution is 0.0525. The van der Waals surface area contributed by atoms with Gasteiger partial charge in [-0.3, -0.25) is 4.68 Å². The summed E-state index contributed by atoms with van der Waals surface area (Å²) in [5, 5.41) is 6.13. The standard InChI is InChI=1S/C12H15N3O2S2/c1-4-17-11(16)9-5-13-15(3)10(9)7-19-12-14-8(2)6-18-12/h5-6H,4,7H2,1-3H3. The third-order valence-electron chi connectivity index (χ3n) is 2.49. The number of thioether (sulfide) groups is 1. The Morgan fingerprint density at radius 1 is 1.58 bits per heavy atom. The molecule has 0 N–H and O–H groups in total. The molecule has 2 aromatic heterocycles. The molecule has 7 heteroatoms. The van der Waals surface area contributed by atoms with Crippen molar-refractivity contribution < 1.29 is 9.53 Å². The van der Waals surface area contributed by atoms with E-state index in [1.807, 2.05) is 19.4 Å². The second-order valence-electron chi connectivity index (χ2n) is 3.89. The zero-order valence-corrected chi connectivity index (χ0v) is 12.7. The topological polar surface area (TPSA) is 57.0 Å². The molecule has 0 saturated carbocycles. The molecule has 0 unspecified atom stereocenters. The number of carbonyl (C=O) groups is 1. The molecule has 0 spiro atoms. The summed E-state index contributed by atoms with van der Waals surface area (Å²) in [5.41, 5.74) is 2.41. The van der Waals surface area contributed by atoms with Crippen molar-refractivity contribution in [3.05, 3.63) is 28.5 Å². The van der Waals surface area contributed by atoms with Gasteiger partial charge in [0.05, 0.1) is 18.5 Å². The first-order chi connectivity index (χ1) is 9.11. The summed E-state index contributed by atoms with van der Waals surface area (Å²) >= 11 is 3.21. The number of aryl methyl sites for hydroxylation is 2. The average molecular weight is 297 g/mol. The number of rotatable bonds is 5. The predicted octanol–water partition coefficient (Wildman–Crippen LogP) is 2.65. The molecule has 5 nitrogen and oxygen atoms in total. The average Bonchev–Trinajstić information content (AvgIpc) is 2.94. The van der Waals surface area contributed by atoms with Gasteiger partial charge in [0.25, 0.3) is 0 Å². The maximum Gasteiger partial charge on any atom is 0.341 e. The highest BCUT2D eigenvalue weighted by atomic mass is 32.2. The minimum Gasteiger partial charge on any atom is -0.462 e. The van der Waals surface area contributed by atoms with E-state index in [4.69, 9.17) is 4.74 Å². The highest BCUT2D eigenvalue weighted by Crippen LogP contribution is 2.27. The first-order valence-corrected chi connectivity index (χ1v) is 7.71. The van der Waals surface area contributed by atoms with E-state index in [0.717, 1.165) is 15.7 Å². The number of thiazole rings is 1. The van der Waals surface area contributed by atoms with E-state index in [2.05, 4.69) is 10.1 Å². The van der Waals surface area contributed by atoms with E-state index in [1.54, 1.807) is 40.9 Å². The minimum absolute atomic E-state index is 0.318. The Morgan fingerprint density at radius 3 is 3.00 bits per heavy atom. The lowest BCUT2D eigenvalue weighted by atomic mass is 10.3. The van der Waals surface area contributed by atoms with Crippen LogP contribution in [0.3, 0.4) is 0 Å². The van der Waals surface area contributed by atoms with Crippen LogP contribution in [0.5, 0.6) is 0 Å². The Labute approximate surface area is 120 Å². The number of carbonyl (C=O) groups excluding carboxylic acids is 1. The van der Waals surface area contributed by atoms with Gasteiger partial charge in [0.15, 0.2) is 0 Å². The number of ether oxygens (including phenoxy) is 1. The molecule has 0 atom stereocenters. The van der Waals surface area contributed by atoms with Crippen LogP contribution in [0.2, 0.25) is 0 Å². The number of nitrogens with zero attached hydrogens (tertiary/aromatic N) is 3. The summed E-state index contributed by atoms with van der Waals surface area (Å²) in [4.78, 5) is 16.2. The van der Waals surface area contributed by atoms with Gasteiger partial charge in [-0.25, -0.2) is 9.78 Å². The molecule has 102 valence electrons. The normalized spacial score (nSPS) is 10.7. The fourth-order valence-corrected chi connectivity index (χ4v) is 3.47. The maximum absolute atomic E-state index is 11.8. The number of esters is 1. The van der Waals surface area contributed by atoms with Crippen LogP contribution in [0.1, 0.15) is 28.7 Å². The molecule has 2 aromatic rings. The van der Waals surface area contributed by atoms with E-state index in [9.17, 15) is 4.79 Å². The van der Waals surface area contributed by atoms with Gasteiger partial charge in [-0.05, 0) is 13.8 Å². The Kier molecular flexibility index (Phi) is 4.60. The lowest BCUT2D eigenvalue weighted by Gasteiger charge is -2.04. The van der Waals surface area contributed by atoms with Crippen LogP contribution in [0.4, 0.5) is 0 Å². The summed E-state index contributed by atoms with van der Waals surface area (Å²) < 4.78 is 7.73. The highest BCUT2D eigenvalue weighted by Gasteiger charge is 2.17. The molecule has 0 aromatic carbocycles. The Balaban J connectivity index is 2.11. The van der Waals surface area contributed by atoms with E-state index in [1.165, 1.54) is 0 Å². The monoisotopic (exact) mass is 297 g/mol. The van der Waals surface area contributed by atoms with Crippen LogP contribution in [-0.2, 0) is 17.5 Å². The molecule has 2 rings (SSSR count). The molecular formula is C12H15N3O2S2. The minimum atomic E-state index is -0.318. The van der Waals surface area contributed by atoms with Crippen LogP contribution in [-0.4, -0.2) is 27.3 Å². The van der Waals surface area contributed by atoms with Crippen molar-refractivity contribution in [3.8, 4) is 0 Å². The zero-order valence-electron chi connectivity index (χ0n) is 11.0. The van der Waals surface area contributed by atoms with E-state index < -0.39 is 0 Å². The number of hydrogen-bond acceptors (Lipinski definition) is 6. The van der Waals surface area contributed by atoms with Gasteiger partial charge in [-0.1, -0.05) is 11.8 Å². The fourth-order valence-electron chi connectivity index (χ4n) is 1.54. The summed E-state index contributed by atoms with van der Waals surface area (Å²) in [5.74, 6) is 0.332. The highest BCUT2D eigenvalue weighted by molar-refractivity contribution is 8.00. The number of hydrogen-bond donors (Lipinski definition) is 0. The van der Waals surface area contributed by atoms with Crippen LogP contribution in [0, 0.1) is 6.92 Å². The Bertz CT molecular complexity index is 577. The van der Waals surface area contributed by atoms with Crippen molar-refractivity contribution in [1.29, 1.82) is 0 Å². The molecule has 0 radical (unpaired) electrons. The lowest BCUT2D eigenvalue weighted by Crippen LogP contribution is -2.08. The van der Waals surface area contributed by atoms with E-state index in [-0.39, 0.29) is 5.97 Å². The summed E-state index contributed by atoms with van der Waals surface area (Å²) in [6, 6.07) is 0. The van der Waals surface area contributed by atoms with Gasteiger partial charge in [0, 0.05) is 23.9 Å². The molecule has 0 aliphatic carbocycles.